The Labute approximate surface area is 111 Å². The highest BCUT2D eigenvalue weighted by Gasteiger charge is 2.24. The van der Waals surface area contributed by atoms with E-state index >= 15 is 0 Å². The normalized spacial score (nSPS) is 16.8. The third-order valence-corrected chi connectivity index (χ3v) is 3.69. The molecule has 2 aromatic carbocycles. The third-order valence-electron chi connectivity index (χ3n) is 3.69. The van der Waals surface area contributed by atoms with E-state index < -0.39 is 5.82 Å². The first kappa shape index (κ1) is 12.2. The van der Waals surface area contributed by atoms with E-state index in [-0.39, 0.29) is 5.75 Å². The van der Waals surface area contributed by atoms with Gasteiger partial charge in [0.15, 0.2) is 11.6 Å². The van der Waals surface area contributed by atoms with Gasteiger partial charge in [0.25, 0.3) is 0 Å². The van der Waals surface area contributed by atoms with E-state index in [4.69, 9.17) is 5.11 Å². The molecular weight excluding hydrogens is 241 g/mol. The number of rotatable bonds is 4. The van der Waals surface area contributed by atoms with Gasteiger partial charge in [0.1, 0.15) is 0 Å². The van der Waals surface area contributed by atoms with Crippen LogP contribution in [0.5, 0.6) is 5.75 Å². The number of halogens is 1. The first-order valence-electron chi connectivity index (χ1n) is 6.50. The van der Waals surface area contributed by atoms with Crippen molar-refractivity contribution in [1.29, 1.82) is 0 Å². The van der Waals surface area contributed by atoms with Crippen LogP contribution < -0.4 is 5.32 Å². The van der Waals surface area contributed by atoms with Crippen molar-refractivity contribution in [2.45, 2.75) is 18.9 Å². The Bertz CT molecular complexity index is 597. The Morgan fingerprint density at radius 1 is 1.21 bits per heavy atom. The number of fused-ring (bicyclic) bond motifs is 1. The van der Waals surface area contributed by atoms with E-state index in [2.05, 4.69) is 29.6 Å². The molecule has 1 unspecified atom stereocenters. The molecule has 0 saturated heterocycles. The molecule has 0 aliphatic heterocycles. The maximum absolute atomic E-state index is 13.2. The Hall–Kier alpha value is -1.87. The largest absolute Gasteiger partial charge is 0.505 e. The maximum Gasteiger partial charge on any atom is 0.165 e. The number of phenolic OH excluding ortho intramolecular Hbond substituents is 1. The summed E-state index contributed by atoms with van der Waals surface area (Å²) in [7, 11) is 0. The Balaban J connectivity index is 1.53. The maximum atomic E-state index is 13.2. The minimum absolute atomic E-state index is 0.295. The molecule has 1 aliphatic carbocycles. The summed E-state index contributed by atoms with van der Waals surface area (Å²) in [5.74, 6) is -0.289. The molecule has 0 heterocycles. The number of hydrogen-bond donors (Lipinski definition) is 2. The molecule has 2 N–H and O–H groups in total. The second kappa shape index (κ2) is 5.02. The highest BCUT2D eigenvalue weighted by Crippen LogP contribution is 2.34. The Morgan fingerprint density at radius 3 is 2.84 bits per heavy atom. The van der Waals surface area contributed by atoms with Crippen molar-refractivity contribution in [1.82, 2.24) is 5.32 Å². The van der Waals surface area contributed by atoms with Gasteiger partial charge in [0, 0.05) is 19.0 Å². The van der Waals surface area contributed by atoms with E-state index in [1.807, 2.05) is 0 Å². The zero-order valence-electron chi connectivity index (χ0n) is 10.6. The van der Waals surface area contributed by atoms with Crippen molar-refractivity contribution in [3.63, 3.8) is 0 Å². The molecule has 0 spiro atoms. The summed E-state index contributed by atoms with van der Waals surface area (Å²) in [5, 5.41) is 12.5. The van der Waals surface area contributed by atoms with Crippen LogP contribution in [-0.2, 0) is 13.0 Å². The lowest BCUT2D eigenvalue weighted by atomic mass is 9.77. The molecule has 2 aromatic rings. The third kappa shape index (κ3) is 2.47. The van der Waals surface area contributed by atoms with Crippen LogP contribution >= 0.6 is 0 Å². The lowest BCUT2D eigenvalue weighted by Gasteiger charge is -2.30. The lowest BCUT2D eigenvalue weighted by Crippen LogP contribution is -2.28. The summed E-state index contributed by atoms with van der Waals surface area (Å²) in [5.41, 5.74) is 3.71. The smallest absolute Gasteiger partial charge is 0.165 e. The standard InChI is InChI=1S/C16H16FNO/c17-15-7-11(5-6-16(15)19)9-18-10-13-8-12-3-1-2-4-14(12)13/h1-7,13,18-19H,8-10H2. The highest BCUT2D eigenvalue weighted by atomic mass is 19.1. The molecule has 0 amide bonds. The molecular formula is C16H16FNO. The van der Waals surface area contributed by atoms with Crippen molar-refractivity contribution in [3.8, 4) is 5.75 Å². The molecule has 98 valence electrons. The van der Waals surface area contributed by atoms with Crippen LogP contribution in [0, 0.1) is 5.82 Å². The van der Waals surface area contributed by atoms with Crippen LogP contribution in [0.3, 0.4) is 0 Å². The first-order valence-corrected chi connectivity index (χ1v) is 6.50. The number of aromatic hydroxyl groups is 1. The molecule has 1 atom stereocenters. The monoisotopic (exact) mass is 257 g/mol. The summed E-state index contributed by atoms with van der Waals surface area (Å²) in [4.78, 5) is 0. The zero-order chi connectivity index (χ0) is 13.2. The van der Waals surface area contributed by atoms with Crippen molar-refractivity contribution in [2.24, 2.45) is 0 Å². The van der Waals surface area contributed by atoms with E-state index in [0.29, 0.717) is 12.5 Å². The molecule has 19 heavy (non-hydrogen) atoms. The molecule has 1 aliphatic rings. The summed E-state index contributed by atoms with van der Waals surface area (Å²) >= 11 is 0. The average Bonchev–Trinajstić information content (AvgIpc) is 2.39. The topological polar surface area (TPSA) is 32.3 Å². The quantitative estimate of drug-likeness (QED) is 0.882. The van der Waals surface area contributed by atoms with Crippen LogP contribution in [0.4, 0.5) is 4.39 Å². The van der Waals surface area contributed by atoms with Crippen molar-refractivity contribution in [2.75, 3.05) is 6.54 Å². The molecule has 3 heteroatoms. The number of phenols is 1. The van der Waals surface area contributed by atoms with Gasteiger partial charge in [-0.05, 0) is 35.2 Å². The molecule has 0 aromatic heterocycles. The van der Waals surface area contributed by atoms with Crippen molar-refractivity contribution < 1.29 is 9.50 Å². The van der Waals surface area contributed by atoms with Crippen LogP contribution in [0.2, 0.25) is 0 Å². The van der Waals surface area contributed by atoms with Gasteiger partial charge in [-0.3, -0.25) is 0 Å². The SMILES string of the molecule is Oc1ccc(CNCC2Cc3ccccc32)cc1F. The molecule has 0 bridgehead atoms. The Kier molecular flexibility index (Phi) is 3.22. The van der Waals surface area contributed by atoms with Gasteiger partial charge in [0.2, 0.25) is 0 Å². The molecule has 0 saturated carbocycles. The van der Waals surface area contributed by atoms with E-state index in [0.717, 1.165) is 18.5 Å². The second-order valence-corrected chi connectivity index (χ2v) is 5.02. The summed E-state index contributed by atoms with van der Waals surface area (Å²) < 4.78 is 13.2. The van der Waals surface area contributed by atoms with Crippen LogP contribution in [-0.4, -0.2) is 11.7 Å². The van der Waals surface area contributed by atoms with Crippen LogP contribution in [0.25, 0.3) is 0 Å². The molecule has 0 radical (unpaired) electrons. The van der Waals surface area contributed by atoms with Gasteiger partial charge in [0.05, 0.1) is 0 Å². The number of benzene rings is 2. The predicted octanol–water partition coefficient (Wildman–Crippen LogP) is 2.96. The lowest BCUT2D eigenvalue weighted by molar-refractivity contribution is 0.431. The fourth-order valence-electron chi connectivity index (χ4n) is 2.60. The minimum Gasteiger partial charge on any atom is -0.505 e. The van der Waals surface area contributed by atoms with Crippen LogP contribution in [0.1, 0.15) is 22.6 Å². The van der Waals surface area contributed by atoms with Gasteiger partial charge in [-0.25, -0.2) is 4.39 Å². The van der Waals surface area contributed by atoms with Crippen molar-refractivity contribution >= 4 is 0 Å². The molecule has 2 nitrogen and oxygen atoms in total. The van der Waals surface area contributed by atoms with Gasteiger partial charge in [-0.1, -0.05) is 30.3 Å². The predicted molar refractivity (Wildman–Crippen MR) is 72.7 cm³/mol. The second-order valence-electron chi connectivity index (χ2n) is 5.02. The fourth-order valence-corrected chi connectivity index (χ4v) is 2.60. The van der Waals surface area contributed by atoms with E-state index in [9.17, 15) is 4.39 Å². The van der Waals surface area contributed by atoms with Gasteiger partial charge < -0.3 is 10.4 Å². The van der Waals surface area contributed by atoms with Crippen molar-refractivity contribution in [3.05, 3.63) is 65.0 Å². The Morgan fingerprint density at radius 2 is 2.05 bits per heavy atom. The highest BCUT2D eigenvalue weighted by molar-refractivity contribution is 5.40. The minimum atomic E-state index is -0.562. The molecule has 0 fully saturated rings. The first-order chi connectivity index (χ1) is 9.24. The van der Waals surface area contributed by atoms with Gasteiger partial charge >= 0.3 is 0 Å². The van der Waals surface area contributed by atoms with Gasteiger partial charge in [-0.2, -0.15) is 0 Å². The summed E-state index contributed by atoms with van der Waals surface area (Å²) in [6.45, 7) is 1.52. The molecule has 3 rings (SSSR count). The summed E-state index contributed by atoms with van der Waals surface area (Å²) in [6.07, 6.45) is 1.12. The number of nitrogens with one attached hydrogen (secondary N) is 1. The van der Waals surface area contributed by atoms with E-state index in [1.165, 1.54) is 23.3 Å². The van der Waals surface area contributed by atoms with Gasteiger partial charge in [-0.15, -0.1) is 0 Å². The number of hydrogen-bond acceptors (Lipinski definition) is 2. The average molecular weight is 257 g/mol. The van der Waals surface area contributed by atoms with Crippen LogP contribution in [0.15, 0.2) is 42.5 Å². The fraction of sp³-hybridized carbons (Fsp3) is 0.250. The summed E-state index contributed by atoms with van der Waals surface area (Å²) in [6, 6.07) is 13.0. The van der Waals surface area contributed by atoms with E-state index in [1.54, 1.807) is 6.07 Å². The zero-order valence-corrected chi connectivity index (χ0v) is 10.6.